The van der Waals surface area contributed by atoms with Crippen LogP contribution in [0.25, 0.3) is 22.3 Å². The number of rotatable bonds is 5. The fourth-order valence-electron chi connectivity index (χ4n) is 3.84. The Morgan fingerprint density at radius 3 is 2.42 bits per heavy atom. The van der Waals surface area contributed by atoms with Crippen molar-refractivity contribution in [3.8, 4) is 22.3 Å². The van der Waals surface area contributed by atoms with Crippen LogP contribution in [-0.2, 0) is 10.0 Å². The van der Waals surface area contributed by atoms with E-state index >= 15 is 0 Å². The molecule has 7 nitrogen and oxygen atoms in total. The predicted molar refractivity (Wildman–Crippen MR) is 116 cm³/mol. The Bertz CT molecular complexity index is 1190. The zero-order chi connectivity index (χ0) is 22.0. The Morgan fingerprint density at radius 1 is 1.00 bits per heavy atom. The molecule has 2 atom stereocenters. The van der Waals surface area contributed by atoms with E-state index in [1.54, 1.807) is 30.3 Å². The maximum atomic E-state index is 14.9. The number of halogens is 1. The van der Waals surface area contributed by atoms with E-state index in [1.807, 2.05) is 0 Å². The topological polar surface area (TPSA) is 118 Å². The molecule has 0 saturated heterocycles. The molecule has 1 heterocycles. The van der Waals surface area contributed by atoms with Crippen LogP contribution in [-0.4, -0.2) is 35.6 Å². The number of aliphatic hydroxyl groups excluding tert-OH is 1. The van der Waals surface area contributed by atoms with Gasteiger partial charge in [0.2, 0.25) is 16.0 Å². The number of hydrogen-bond donors (Lipinski definition) is 3. The average Bonchev–Trinajstić information content (AvgIpc) is 2.76. The third kappa shape index (κ3) is 4.58. The van der Waals surface area contributed by atoms with E-state index in [4.69, 9.17) is 5.73 Å². The number of nitrogen functional groups attached to an aromatic ring is 1. The molecule has 1 fully saturated rings. The van der Waals surface area contributed by atoms with Crippen molar-refractivity contribution < 1.29 is 17.9 Å². The van der Waals surface area contributed by atoms with E-state index in [1.165, 1.54) is 24.5 Å². The molecule has 4 N–H and O–H groups in total. The van der Waals surface area contributed by atoms with Gasteiger partial charge in [0.25, 0.3) is 0 Å². The first kappa shape index (κ1) is 21.4. The van der Waals surface area contributed by atoms with E-state index < -0.39 is 28.0 Å². The number of anilines is 1. The quantitative estimate of drug-likeness (QED) is 0.559. The summed E-state index contributed by atoms with van der Waals surface area (Å²) in [4.78, 5) is 7.79. The highest BCUT2D eigenvalue weighted by Gasteiger charge is 2.29. The Morgan fingerprint density at radius 2 is 1.71 bits per heavy atom. The number of hydrogen-bond acceptors (Lipinski definition) is 6. The molecule has 1 aliphatic rings. The molecule has 1 saturated carbocycles. The standard InChI is InChI=1S/C22H23FN4O3S/c23-18-11-14(9-10-16(18)15-12-25-22(24)26-13-15)17-5-1-4-8-21(17)31(29,30)27-19-6-2-3-7-20(19)28/h1,4-5,8-13,19-20,27-28H,2-3,6-7H2,(H2,24,25,26)/t19-,20-/m1/s1. The van der Waals surface area contributed by atoms with Gasteiger partial charge in [-0.25, -0.2) is 27.5 Å². The molecule has 1 aliphatic carbocycles. The third-order valence-corrected chi connectivity index (χ3v) is 7.02. The number of nitrogens with zero attached hydrogens (tertiary/aromatic N) is 2. The van der Waals surface area contributed by atoms with E-state index in [9.17, 15) is 17.9 Å². The minimum absolute atomic E-state index is 0.0377. The zero-order valence-electron chi connectivity index (χ0n) is 16.7. The fraction of sp³-hybridized carbons (Fsp3) is 0.273. The number of benzene rings is 2. The third-order valence-electron chi connectivity index (χ3n) is 5.48. The predicted octanol–water partition coefficient (Wildman–Crippen LogP) is 3.11. The van der Waals surface area contributed by atoms with Gasteiger partial charge in [-0.15, -0.1) is 0 Å². The Labute approximate surface area is 180 Å². The van der Waals surface area contributed by atoms with Crippen molar-refractivity contribution in [3.63, 3.8) is 0 Å². The van der Waals surface area contributed by atoms with Gasteiger partial charge >= 0.3 is 0 Å². The van der Waals surface area contributed by atoms with Crippen LogP contribution in [0.2, 0.25) is 0 Å². The van der Waals surface area contributed by atoms with E-state index in [-0.39, 0.29) is 16.4 Å². The van der Waals surface area contributed by atoms with Crippen LogP contribution in [0.1, 0.15) is 25.7 Å². The van der Waals surface area contributed by atoms with Gasteiger partial charge in [0.1, 0.15) is 5.82 Å². The maximum Gasteiger partial charge on any atom is 0.241 e. The first-order valence-corrected chi connectivity index (χ1v) is 11.5. The highest BCUT2D eigenvalue weighted by Crippen LogP contribution is 2.32. The van der Waals surface area contributed by atoms with Crippen LogP contribution in [0.15, 0.2) is 59.8 Å². The maximum absolute atomic E-state index is 14.9. The van der Waals surface area contributed by atoms with Gasteiger partial charge < -0.3 is 10.8 Å². The fourth-order valence-corrected chi connectivity index (χ4v) is 5.38. The number of sulfonamides is 1. The Hall–Kier alpha value is -2.88. The summed E-state index contributed by atoms with van der Waals surface area (Å²) in [6, 6.07) is 10.4. The lowest BCUT2D eigenvalue weighted by atomic mass is 9.93. The van der Waals surface area contributed by atoms with Crippen LogP contribution in [0.3, 0.4) is 0 Å². The number of aliphatic hydroxyl groups is 1. The van der Waals surface area contributed by atoms with Crippen molar-refractivity contribution in [1.29, 1.82) is 0 Å². The molecule has 0 bridgehead atoms. The molecule has 0 aliphatic heterocycles. The molecular formula is C22H23FN4O3S. The van der Waals surface area contributed by atoms with Crippen LogP contribution >= 0.6 is 0 Å². The second-order valence-corrected chi connectivity index (χ2v) is 9.28. The normalized spacial score (nSPS) is 19.3. The summed E-state index contributed by atoms with van der Waals surface area (Å²) in [5.41, 5.74) is 7.02. The van der Waals surface area contributed by atoms with Crippen LogP contribution in [0.5, 0.6) is 0 Å². The van der Waals surface area contributed by atoms with E-state index in [0.29, 0.717) is 29.5 Å². The molecule has 0 spiro atoms. The average molecular weight is 443 g/mol. The van der Waals surface area contributed by atoms with Crippen LogP contribution in [0, 0.1) is 5.82 Å². The summed E-state index contributed by atoms with van der Waals surface area (Å²) in [5, 5.41) is 10.2. The zero-order valence-corrected chi connectivity index (χ0v) is 17.5. The van der Waals surface area contributed by atoms with Gasteiger partial charge in [0, 0.05) is 35.1 Å². The molecule has 162 valence electrons. The smallest absolute Gasteiger partial charge is 0.241 e. The molecule has 0 unspecified atom stereocenters. The minimum atomic E-state index is -3.92. The highest BCUT2D eigenvalue weighted by molar-refractivity contribution is 7.89. The lowest BCUT2D eigenvalue weighted by Crippen LogP contribution is -2.45. The van der Waals surface area contributed by atoms with Gasteiger partial charge in [-0.05, 0) is 30.5 Å². The summed E-state index contributed by atoms with van der Waals surface area (Å²) in [7, 11) is -3.92. The monoisotopic (exact) mass is 442 g/mol. The summed E-state index contributed by atoms with van der Waals surface area (Å²) in [6.45, 7) is 0. The van der Waals surface area contributed by atoms with Gasteiger partial charge in [0.15, 0.2) is 0 Å². The van der Waals surface area contributed by atoms with Crippen molar-refractivity contribution >= 4 is 16.0 Å². The number of nitrogens with two attached hydrogens (primary N) is 1. The second-order valence-electron chi connectivity index (χ2n) is 7.60. The SMILES string of the molecule is Nc1ncc(-c2ccc(-c3ccccc3S(=O)(=O)N[C@@H]3CCCC[C@H]3O)cc2F)cn1. The van der Waals surface area contributed by atoms with Crippen molar-refractivity contribution in [2.24, 2.45) is 0 Å². The van der Waals surface area contributed by atoms with Crippen molar-refractivity contribution in [3.05, 3.63) is 60.7 Å². The molecule has 0 amide bonds. The highest BCUT2D eigenvalue weighted by atomic mass is 32.2. The first-order chi connectivity index (χ1) is 14.8. The van der Waals surface area contributed by atoms with Crippen molar-refractivity contribution in [1.82, 2.24) is 14.7 Å². The largest absolute Gasteiger partial charge is 0.391 e. The molecule has 2 aromatic carbocycles. The molecule has 0 radical (unpaired) electrons. The lowest BCUT2D eigenvalue weighted by molar-refractivity contribution is 0.101. The molecular weight excluding hydrogens is 419 g/mol. The van der Waals surface area contributed by atoms with Gasteiger partial charge in [0.05, 0.1) is 11.0 Å². The van der Waals surface area contributed by atoms with E-state index in [0.717, 1.165) is 12.8 Å². The van der Waals surface area contributed by atoms with Gasteiger partial charge in [-0.2, -0.15) is 0 Å². The van der Waals surface area contributed by atoms with Crippen LogP contribution < -0.4 is 10.5 Å². The lowest BCUT2D eigenvalue weighted by Gasteiger charge is -2.28. The summed E-state index contributed by atoms with van der Waals surface area (Å²) < 4.78 is 43.7. The van der Waals surface area contributed by atoms with Crippen molar-refractivity contribution in [2.45, 2.75) is 42.7 Å². The summed E-state index contributed by atoms with van der Waals surface area (Å²) >= 11 is 0. The Kier molecular flexibility index (Phi) is 5.99. The first-order valence-electron chi connectivity index (χ1n) is 10.0. The minimum Gasteiger partial charge on any atom is -0.391 e. The molecule has 9 heteroatoms. The summed E-state index contributed by atoms with van der Waals surface area (Å²) in [5.74, 6) is -0.441. The number of aromatic nitrogens is 2. The van der Waals surface area contributed by atoms with E-state index in [2.05, 4.69) is 14.7 Å². The van der Waals surface area contributed by atoms with Gasteiger partial charge in [-0.3, -0.25) is 0 Å². The Balaban J connectivity index is 1.68. The molecule has 3 aromatic rings. The number of nitrogens with one attached hydrogen (secondary N) is 1. The molecule has 1 aromatic heterocycles. The second kappa shape index (κ2) is 8.70. The van der Waals surface area contributed by atoms with Crippen molar-refractivity contribution in [2.75, 3.05) is 5.73 Å². The summed E-state index contributed by atoms with van der Waals surface area (Å²) in [6.07, 6.45) is 5.02. The van der Waals surface area contributed by atoms with Gasteiger partial charge in [-0.1, -0.05) is 43.2 Å². The van der Waals surface area contributed by atoms with Crippen LogP contribution in [0.4, 0.5) is 10.3 Å². The molecule has 31 heavy (non-hydrogen) atoms. The molecule has 4 rings (SSSR count).